The van der Waals surface area contributed by atoms with Gasteiger partial charge in [0.15, 0.2) is 11.7 Å². The van der Waals surface area contributed by atoms with Crippen LogP contribution in [-0.4, -0.2) is 24.5 Å². The summed E-state index contributed by atoms with van der Waals surface area (Å²) in [5, 5.41) is 6.31. The number of rotatable bonds is 5. The van der Waals surface area contributed by atoms with E-state index in [4.69, 9.17) is 10.2 Å². The zero-order chi connectivity index (χ0) is 13.5. The standard InChI is InChI=1S/C12H20N4O2.HI/c1-4-14-12(16-8(2)3)15-7-9-5-6-10(18-9)11(13)17;/h5-6,8H,4,7H2,1-3H3,(H2,13,17)(H2,14,15,16);1H. The minimum atomic E-state index is -0.572. The van der Waals surface area contributed by atoms with Gasteiger partial charge in [-0.2, -0.15) is 0 Å². The summed E-state index contributed by atoms with van der Waals surface area (Å²) in [5.41, 5.74) is 5.10. The Hall–Kier alpha value is -1.25. The van der Waals surface area contributed by atoms with Crippen molar-refractivity contribution >= 4 is 35.8 Å². The second kappa shape index (κ2) is 8.78. The summed E-state index contributed by atoms with van der Waals surface area (Å²) in [6.07, 6.45) is 0. The number of amides is 1. The van der Waals surface area contributed by atoms with Gasteiger partial charge >= 0.3 is 0 Å². The van der Waals surface area contributed by atoms with Gasteiger partial charge in [-0.3, -0.25) is 4.79 Å². The molecule has 0 aliphatic carbocycles. The molecule has 1 aromatic rings. The van der Waals surface area contributed by atoms with Crippen LogP contribution in [-0.2, 0) is 6.54 Å². The largest absolute Gasteiger partial charge is 0.454 e. The predicted molar refractivity (Wildman–Crippen MR) is 85.7 cm³/mol. The maximum absolute atomic E-state index is 10.9. The minimum absolute atomic E-state index is 0. The Kier molecular flexibility index (Phi) is 8.21. The van der Waals surface area contributed by atoms with E-state index in [0.717, 1.165) is 6.54 Å². The van der Waals surface area contributed by atoms with E-state index in [9.17, 15) is 4.79 Å². The number of halogens is 1. The SMILES string of the molecule is CCNC(=NCc1ccc(C(N)=O)o1)NC(C)C.I. The summed E-state index contributed by atoms with van der Waals surface area (Å²) in [4.78, 5) is 15.2. The van der Waals surface area contributed by atoms with Gasteiger partial charge in [0.05, 0.1) is 0 Å². The molecule has 0 spiro atoms. The van der Waals surface area contributed by atoms with E-state index in [1.165, 1.54) is 0 Å². The first kappa shape index (κ1) is 17.8. The minimum Gasteiger partial charge on any atom is -0.454 e. The molecule has 7 heteroatoms. The number of hydrogen-bond acceptors (Lipinski definition) is 3. The highest BCUT2D eigenvalue weighted by Crippen LogP contribution is 2.08. The average molecular weight is 380 g/mol. The number of carbonyl (C=O) groups excluding carboxylic acids is 1. The van der Waals surface area contributed by atoms with Gasteiger partial charge in [-0.1, -0.05) is 0 Å². The summed E-state index contributed by atoms with van der Waals surface area (Å²) >= 11 is 0. The van der Waals surface area contributed by atoms with Gasteiger partial charge in [0, 0.05) is 12.6 Å². The third kappa shape index (κ3) is 6.46. The maximum Gasteiger partial charge on any atom is 0.284 e. The zero-order valence-electron chi connectivity index (χ0n) is 11.4. The number of nitrogens with two attached hydrogens (primary N) is 1. The van der Waals surface area contributed by atoms with E-state index < -0.39 is 5.91 Å². The number of guanidine groups is 1. The fourth-order valence-electron chi connectivity index (χ4n) is 1.35. The molecule has 0 fully saturated rings. The Morgan fingerprint density at radius 2 is 2.16 bits per heavy atom. The van der Waals surface area contributed by atoms with E-state index in [1.54, 1.807) is 12.1 Å². The van der Waals surface area contributed by atoms with E-state index in [0.29, 0.717) is 24.3 Å². The van der Waals surface area contributed by atoms with Crippen molar-refractivity contribution in [2.75, 3.05) is 6.54 Å². The summed E-state index contributed by atoms with van der Waals surface area (Å²) < 4.78 is 5.24. The molecular weight excluding hydrogens is 359 g/mol. The molecule has 0 atom stereocenters. The Bertz CT molecular complexity index is 429. The monoisotopic (exact) mass is 380 g/mol. The molecular formula is C12H21IN4O2. The highest BCUT2D eigenvalue weighted by atomic mass is 127. The van der Waals surface area contributed by atoms with Gasteiger partial charge in [-0.25, -0.2) is 4.99 Å². The number of aliphatic imine (C=N–C) groups is 1. The highest BCUT2D eigenvalue weighted by Gasteiger charge is 2.07. The van der Waals surface area contributed by atoms with Crippen molar-refractivity contribution in [3.05, 3.63) is 23.7 Å². The van der Waals surface area contributed by atoms with Gasteiger partial charge < -0.3 is 20.8 Å². The molecule has 108 valence electrons. The number of primary amides is 1. The fraction of sp³-hybridized carbons (Fsp3) is 0.500. The quantitative estimate of drug-likeness (QED) is 0.410. The van der Waals surface area contributed by atoms with Gasteiger partial charge in [0.2, 0.25) is 0 Å². The first-order valence-electron chi connectivity index (χ1n) is 5.96. The van der Waals surface area contributed by atoms with Crippen molar-refractivity contribution in [1.29, 1.82) is 0 Å². The van der Waals surface area contributed by atoms with Gasteiger partial charge in [0.25, 0.3) is 5.91 Å². The number of hydrogen-bond donors (Lipinski definition) is 3. The molecule has 19 heavy (non-hydrogen) atoms. The van der Waals surface area contributed by atoms with Crippen molar-refractivity contribution in [1.82, 2.24) is 10.6 Å². The molecule has 1 heterocycles. The summed E-state index contributed by atoms with van der Waals surface area (Å²) in [6.45, 7) is 7.20. The van der Waals surface area contributed by atoms with Crippen LogP contribution in [0.15, 0.2) is 21.5 Å². The Balaban J connectivity index is 0.00000324. The summed E-state index contributed by atoms with van der Waals surface area (Å²) in [6, 6.07) is 3.54. The fourth-order valence-corrected chi connectivity index (χ4v) is 1.35. The molecule has 1 rings (SSSR count). The number of furan rings is 1. The molecule has 0 aromatic carbocycles. The second-order valence-corrected chi connectivity index (χ2v) is 4.12. The van der Waals surface area contributed by atoms with Crippen LogP contribution in [0.1, 0.15) is 37.1 Å². The Labute approximate surface area is 130 Å². The van der Waals surface area contributed by atoms with Crippen molar-refractivity contribution < 1.29 is 9.21 Å². The Morgan fingerprint density at radius 3 is 2.63 bits per heavy atom. The van der Waals surface area contributed by atoms with Crippen LogP contribution >= 0.6 is 24.0 Å². The lowest BCUT2D eigenvalue weighted by Crippen LogP contribution is -2.40. The third-order valence-electron chi connectivity index (χ3n) is 2.07. The average Bonchev–Trinajstić information content (AvgIpc) is 2.74. The smallest absolute Gasteiger partial charge is 0.284 e. The molecule has 0 saturated heterocycles. The van der Waals surface area contributed by atoms with Crippen molar-refractivity contribution in [2.45, 2.75) is 33.4 Å². The normalized spacial score (nSPS) is 11.1. The zero-order valence-corrected chi connectivity index (χ0v) is 13.7. The predicted octanol–water partition coefficient (Wildman–Crippen LogP) is 1.46. The molecule has 0 aliphatic rings. The van der Waals surface area contributed by atoms with Gasteiger partial charge in [-0.05, 0) is 32.9 Å². The van der Waals surface area contributed by atoms with E-state index >= 15 is 0 Å². The lowest BCUT2D eigenvalue weighted by Gasteiger charge is -2.13. The number of carbonyl (C=O) groups is 1. The lowest BCUT2D eigenvalue weighted by atomic mass is 10.4. The maximum atomic E-state index is 10.9. The van der Waals surface area contributed by atoms with Gasteiger partial charge in [-0.15, -0.1) is 24.0 Å². The lowest BCUT2D eigenvalue weighted by molar-refractivity contribution is 0.0972. The van der Waals surface area contributed by atoms with Crippen LogP contribution in [0, 0.1) is 0 Å². The van der Waals surface area contributed by atoms with Crippen molar-refractivity contribution in [2.24, 2.45) is 10.7 Å². The molecule has 0 radical (unpaired) electrons. The van der Waals surface area contributed by atoms with Crippen LogP contribution in [0.3, 0.4) is 0 Å². The highest BCUT2D eigenvalue weighted by molar-refractivity contribution is 14.0. The Morgan fingerprint density at radius 1 is 1.47 bits per heavy atom. The van der Waals surface area contributed by atoms with Crippen molar-refractivity contribution in [3.8, 4) is 0 Å². The molecule has 0 aliphatic heterocycles. The molecule has 0 bridgehead atoms. The van der Waals surface area contributed by atoms with Crippen molar-refractivity contribution in [3.63, 3.8) is 0 Å². The molecule has 0 unspecified atom stereocenters. The van der Waals surface area contributed by atoms with E-state index in [1.807, 2.05) is 20.8 Å². The number of nitrogens with zero attached hydrogens (tertiary/aromatic N) is 1. The van der Waals surface area contributed by atoms with Crippen LogP contribution in [0.5, 0.6) is 0 Å². The number of nitrogens with one attached hydrogen (secondary N) is 2. The van der Waals surface area contributed by atoms with E-state index in [-0.39, 0.29) is 29.7 Å². The van der Waals surface area contributed by atoms with E-state index in [2.05, 4.69) is 15.6 Å². The van der Waals surface area contributed by atoms with Crippen LogP contribution < -0.4 is 16.4 Å². The topological polar surface area (TPSA) is 92.6 Å². The molecule has 0 saturated carbocycles. The summed E-state index contributed by atoms with van der Waals surface area (Å²) in [5.74, 6) is 0.897. The molecule has 1 amide bonds. The van der Waals surface area contributed by atoms with Crippen LogP contribution in [0.4, 0.5) is 0 Å². The first-order chi connectivity index (χ1) is 8.52. The molecule has 4 N–H and O–H groups in total. The molecule has 6 nitrogen and oxygen atoms in total. The van der Waals surface area contributed by atoms with Crippen LogP contribution in [0.25, 0.3) is 0 Å². The van der Waals surface area contributed by atoms with Gasteiger partial charge in [0.1, 0.15) is 12.3 Å². The second-order valence-electron chi connectivity index (χ2n) is 4.12. The first-order valence-corrected chi connectivity index (χ1v) is 5.96. The molecule has 1 aromatic heterocycles. The third-order valence-corrected chi connectivity index (χ3v) is 2.07. The van der Waals surface area contributed by atoms with Crippen LogP contribution in [0.2, 0.25) is 0 Å². The summed E-state index contributed by atoms with van der Waals surface area (Å²) in [7, 11) is 0.